The zero-order valence-electron chi connectivity index (χ0n) is 16.3. The molecule has 1 fully saturated rings. The molecule has 1 saturated heterocycles. The normalized spacial score (nSPS) is 14.0. The van der Waals surface area contributed by atoms with E-state index in [1.165, 1.54) is 25.3 Å². The van der Waals surface area contributed by atoms with E-state index in [0.29, 0.717) is 35.6 Å². The largest absolute Gasteiger partial charge is 0.497 e. The van der Waals surface area contributed by atoms with Gasteiger partial charge in [-0.05, 0) is 42.5 Å². The first-order valence-electron chi connectivity index (χ1n) is 9.14. The minimum atomic E-state index is -3.84. The Hall–Kier alpha value is -3.25. The maximum atomic E-state index is 12.7. The first kappa shape index (κ1) is 21.0. The lowest BCUT2D eigenvalue weighted by Gasteiger charge is -2.10. The molecule has 0 spiro atoms. The number of nitrogens with zero attached hydrogens (tertiary/aromatic N) is 2. The molecule has 2 heterocycles. The number of ether oxygens (including phenoxy) is 1. The lowest BCUT2D eigenvalue weighted by atomic mass is 10.3. The van der Waals surface area contributed by atoms with Crippen molar-refractivity contribution in [1.82, 2.24) is 15.2 Å². The van der Waals surface area contributed by atoms with Crippen LogP contribution in [0.15, 0.2) is 57.0 Å². The Bertz CT molecular complexity index is 1240. The smallest absolute Gasteiger partial charge is 0.324 e. The van der Waals surface area contributed by atoms with Crippen LogP contribution in [0.3, 0.4) is 0 Å². The molecule has 4 rings (SSSR count). The number of rotatable bonds is 7. The van der Waals surface area contributed by atoms with Crippen LogP contribution >= 0.6 is 11.8 Å². The molecule has 0 aliphatic carbocycles. The quantitative estimate of drug-likeness (QED) is 0.512. The third kappa shape index (κ3) is 4.59. The molecule has 1 aromatic heterocycles. The van der Waals surface area contributed by atoms with Crippen LogP contribution in [0, 0.1) is 0 Å². The molecule has 1 aliphatic rings. The molecule has 2 N–H and O–H groups in total. The van der Waals surface area contributed by atoms with E-state index in [4.69, 9.17) is 9.15 Å². The van der Waals surface area contributed by atoms with E-state index in [0.717, 1.165) is 16.7 Å². The second kappa shape index (κ2) is 8.47. The van der Waals surface area contributed by atoms with Crippen LogP contribution in [0.4, 0.5) is 10.5 Å². The van der Waals surface area contributed by atoms with E-state index in [9.17, 15) is 18.0 Å². The van der Waals surface area contributed by atoms with E-state index < -0.39 is 16.1 Å². The highest BCUT2D eigenvalue weighted by atomic mass is 32.2. The molecule has 2 aromatic carbocycles. The minimum absolute atomic E-state index is 0.0190. The maximum absolute atomic E-state index is 12.7. The number of oxazole rings is 1. The van der Waals surface area contributed by atoms with E-state index in [1.807, 2.05) is 0 Å². The summed E-state index contributed by atoms with van der Waals surface area (Å²) < 4.78 is 38.5. The number of anilines is 1. The molecule has 0 saturated carbocycles. The first-order valence-corrected chi connectivity index (χ1v) is 11.6. The number of urea groups is 1. The number of imide groups is 1. The Labute approximate surface area is 182 Å². The van der Waals surface area contributed by atoms with Gasteiger partial charge < -0.3 is 14.5 Å². The monoisotopic (exact) mass is 462 g/mol. The van der Waals surface area contributed by atoms with Gasteiger partial charge in [-0.1, -0.05) is 11.8 Å². The number of aromatic nitrogens is 1. The molecular formula is C19H18N4O6S2. The maximum Gasteiger partial charge on any atom is 0.324 e. The number of thioether (sulfide) groups is 1. The second-order valence-corrected chi connectivity index (χ2v) is 9.12. The molecule has 12 heteroatoms. The number of hydrogen-bond acceptors (Lipinski definition) is 8. The summed E-state index contributed by atoms with van der Waals surface area (Å²) in [7, 11) is -2.32. The third-order valence-corrected chi connectivity index (χ3v) is 6.66. The predicted molar refractivity (Wildman–Crippen MR) is 114 cm³/mol. The average Bonchev–Trinajstić information content (AvgIpc) is 3.37. The zero-order valence-corrected chi connectivity index (χ0v) is 18.0. The van der Waals surface area contributed by atoms with Crippen LogP contribution in [-0.4, -0.2) is 56.2 Å². The van der Waals surface area contributed by atoms with Gasteiger partial charge in [0, 0.05) is 18.8 Å². The van der Waals surface area contributed by atoms with Gasteiger partial charge in [0.15, 0.2) is 5.58 Å². The van der Waals surface area contributed by atoms with Gasteiger partial charge in [-0.25, -0.2) is 18.2 Å². The number of amides is 3. The summed E-state index contributed by atoms with van der Waals surface area (Å²) in [6.45, 7) is 0.758. The van der Waals surface area contributed by atoms with E-state index >= 15 is 0 Å². The highest BCUT2D eigenvalue weighted by molar-refractivity contribution is 7.99. The van der Waals surface area contributed by atoms with Gasteiger partial charge in [0.25, 0.3) is 15.2 Å². The van der Waals surface area contributed by atoms with Gasteiger partial charge in [0.2, 0.25) is 5.91 Å². The van der Waals surface area contributed by atoms with Crippen LogP contribution in [-0.2, 0) is 14.8 Å². The first-order chi connectivity index (χ1) is 14.9. The summed E-state index contributed by atoms with van der Waals surface area (Å²) in [4.78, 5) is 29.1. The molecular weight excluding hydrogens is 444 g/mol. The highest BCUT2D eigenvalue weighted by Crippen LogP contribution is 2.27. The number of benzene rings is 2. The standard InChI is InChI=1S/C19H18N4O6S2/c1-28-13-4-2-12(3-5-13)22-31(26,27)14-6-7-16-15(10-14)21-19(29-16)30-11-17(24)23-9-8-20-18(23)25/h2-7,10,22H,8-9,11H2,1H3,(H,20,25). The topological polar surface area (TPSA) is 131 Å². The number of carbonyl (C=O) groups excluding carboxylic acids is 2. The van der Waals surface area contributed by atoms with Crippen LogP contribution in [0.25, 0.3) is 11.1 Å². The van der Waals surface area contributed by atoms with Crippen molar-refractivity contribution >= 4 is 50.5 Å². The fourth-order valence-electron chi connectivity index (χ4n) is 2.90. The van der Waals surface area contributed by atoms with Gasteiger partial charge in [-0.3, -0.25) is 14.4 Å². The van der Waals surface area contributed by atoms with Crippen molar-refractivity contribution in [3.63, 3.8) is 0 Å². The van der Waals surface area contributed by atoms with E-state index in [-0.39, 0.29) is 21.8 Å². The van der Waals surface area contributed by atoms with Crippen molar-refractivity contribution in [3.05, 3.63) is 42.5 Å². The Balaban J connectivity index is 1.47. The molecule has 0 atom stereocenters. The fraction of sp³-hybridized carbons (Fsp3) is 0.211. The molecule has 162 valence electrons. The summed E-state index contributed by atoms with van der Waals surface area (Å²) >= 11 is 1.04. The molecule has 3 aromatic rings. The Morgan fingerprint density at radius 2 is 2.06 bits per heavy atom. The van der Waals surface area contributed by atoms with Gasteiger partial charge in [-0.15, -0.1) is 0 Å². The number of fused-ring (bicyclic) bond motifs is 1. The van der Waals surface area contributed by atoms with Crippen LogP contribution in [0.2, 0.25) is 0 Å². The van der Waals surface area contributed by atoms with Gasteiger partial charge in [-0.2, -0.15) is 0 Å². The minimum Gasteiger partial charge on any atom is -0.497 e. The van der Waals surface area contributed by atoms with Crippen molar-refractivity contribution in [2.75, 3.05) is 30.7 Å². The lowest BCUT2D eigenvalue weighted by Crippen LogP contribution is -2.35. The fourth-order valence-corrected chi connectivity index (χ4v) is 4.69. The number of hydrogen-bond donors (Lipinski definition) is 2. The van der Waals surface area contributed by atoms with Gasteiger partial charge in [0.05, 0.1) is 17.8 Å². The summed E-state index contributed by atoms with van der Waals surface area (Å²) in [6.07, 6.45) is 0. The summed E-state index contributed by atoms with van der Waals surface area (Å²) in [5, 5.41) is 2.77. The van der Waals surface area contributed by atoms with Gasteiger partial charge in [0.1, 0.15) is 11.3 Å². The zero-order chi connectivity index (χ0) is 22.0. The molecule has 10 nitrogen and oxygen atoms in total. The van der Waals surface area contributed by atoms with Gasteiger partial charge >= 0.3 is 6.03 Å². The molecule has 0 unspecified atom stereocenters. The Morgan fingerprint density at radius 3 is 2.74 bits per heavy atom. The molecule has 31 heavy (non-hydrogen) atoms. The molecule has 0 radical (unpaired) electrons. The summed E-state index contributed by atoms with van der Waals surface area (Å²) in [5.41, 5.74) is 1.12. The Kier molecular flexibility index (Phi) is 5.74. The summed E-state index contributed by atoms with van der Waals surface area (Å²) in [5.74, 6) is 0.236. The lowest BCUT2D eigenvalue weighted by molar-refractivity contribution is -0.124. The predicted octanol–water partition coefficient (Wildman–Crippen LogP) is 2.28. The number of sulfonamides is 1. The van der Waals surface area contributed by atoms with Crippen molar-refractivity contribution < 1.29 is 27.2 Å². The number of methoxy groups -OCH3 is 1. The van der Waals surface area contributed by atoms with Crippen LogP contribution < -0.4 is 14.8 Å². The van der Waals surface area contributed by atoms with Crippen LogP contribution in [0.5, 0.6) is 5.75 Å². The van der Waals surface area contributed by atoms with Crippen molar-refractivity contribution in [2.24, 2.45) is 0 Å². The number of carbonyl (C=O) groups is 2. The second-order valence-electron chi connectivity index (χ2n) is 6.51. The van der Waals surface area contributed by atoms with Crippen molar-refractivity contribution in [1.29, 1.82) is 0 Å². The Morgan fingerprint density at radius 1 is 1.29 bits per heavy atom. The van der Waals surface area contributed by atoms with Crippen molar-refractivity contribution in [3.8, 4) is 5.75 Å². The molecule has 1 aliphatic heterocycles. The van der Waals surface area contributed by atoms with E-state index in [1.54, 1.807) is 24.3 Å². The van der Waals surface area contributed by atoms with Crippen molar-refractivity contribution in [2.45, 2.75) is 10.1 Å². The van der Waals surface area contributed by atoms with E-state index in [2.05, 4.69) is 15.0 Å². The highest BCUT2D eigenvalue weighted by Gasteiger charge is 2.26. The molecule has 0 bridgehead atoms. The van der Waals surface area contributed by atoms with Crippen LogP contribution in [0.1, 0.15) is 0 Å². The average molecular weight is 463 g/mol. The molecule has 3 amide bonds. The number of nitrogens with one attached hydrogen (secondary N) is 2. The summed E-state index contributed by atoms with van der Waals surface area (Å²) in [6, 6.07) is 10.4. The third-order valence-electron chi connectivity index (χ3n) is 4.47. The SMILES string of the molecule is COc1ccc(NS(=O)(=O)c2ccc3oc(SCC(=O)N4CCNC4=O)nc3c2)cc1.